The van der Waals surface area contributed by atoms with Crippen LogP contribution in [0.2, 0.25) is 0 Å². The van der Waals surface area contributed by atoms with E-state index in [4.69, 9.17) is 10.5 Å². The van der Waals surface area contributed by atoms with E-state index in [0.717, 1.165) is 27.9 Å². The summed E-state index contributed by atoms with van der Waals surface area (Å²) in [6.07, 6.45) is 1.28. The van der Waals surface area contributed by atoms with Crippen molar-refractivity contribution in [2.45, 2.75) is 75.1 Å². The van der Waals surface area contributed by atoms with Gasteiger partial charge >= 0.3 is 17.7 Å². The monoisotopic (exact) mass is 840 g/mol. The molecule has 2 aromatic carbocycles. The maximum Gasteiger partial charge on any atom is 0.331 e. The number of aliphatic hydroxyl groups excluding tert-OH is 1. The quantitative estimate of drug-likeness (QED) is 0.0751. The summed E-state index contributed by atoms with van der Waals surface area (Å²) in [5.41, 5.74) is 5.83. The summed E-state index contributed by atoms with van der Waals surface area (Å²) in [5, 5.41) is 49.8. The fraction of sp³-hybridized carbons (Fsp3) is 0.395. The molecule has 0 aliphatic carbocycles. The Kier molecular flexibility index (Phi) is 16.1. The van der Waals surface area contributed by atoms with E-state index in [-0.39, 0.29) is 42.9 Å². The van der Waals surface area contributed by atoms with Crippen molar-refractivity contribution in [3.8, 4) is 11.5 Å². The number of H-pyrrole nitrogens is 1. The Hall–Kier alpha value is -6.32. The number of aromatic amines is 1. The second-order valence-corrected chi connectivity index (χ2v) is 14.8. The van der Waals surface area contributed by atoms with Crippen LogP contribution in [-0.4, -0.2) is 120 Å². The number of amides is 5. The first kappa shape index (κ1) is 45.4. The molecule has 20 nitrogen and oxygen atoms in total. The zero-order valence-electron chi connectivity index (χ0n) is 32.4. The molecule has 21 heteroatoms. The second kappa shape index (κ2) is 20.9. The first-order valence-corrected chi connectivity index (χ1v) is 19.7. The number of thioether (sulfide) groups is 1. The zero-order chi connectivity index (χ0) is 43.4. The molecule has 7 atom stereocenters. The maximum atomic E-state index is 13.9. The molecule has 1 aromatic heterocycles. The second-order valence-electron chi connectivity index (χ2n) is 13.8. The highest BCUT2D eigenvalue weighted by atomic mass is 32.2. The number of phenolic OH excluding ortho intramolecular Hbond substituents is 2. The molecule has 59 heavy (non-hydrogen) atoms. The fourth-order valence-corrected chi connectivity index (χ4v) is 6.56. The molecular formula is C38H48N8O12S. The van der Waals surface area contributed by atoms with Crippen molar-refractivity contribution < 1.29 is 49.1 Å². The Labute approximate surface area is 341 Å². The molecule has 2 heterocycles. The Morgan fingerprint density at radius 1 is 0.983 bits per heavy atom. The topological polar surface area (TPSA) is 308 Å². The van der Waals surface area contributed by atoms with Gasteiger partial charge in [-0.25, -0.2) is 14.4 Å². The number of carboxylic acid groups (broad SMARTS) is 1. The zero-order valence-corrected chi connectivity index (χ0v) is 33.2. The summed E-state index contributed by atoms with van der Waals surface area (Å²) in [6.45, 7) is 1.48. The molecule has 1 saturated heterocycles. The Morgan fingerprint density at radius 3 is 2.32 bits per heavy atom. The van der Waals surface area contributed by atoms with E-state index >= 15 is 0 Å². The van der Waals surface area contributed by atoms with E-state index in [1.165, 1.54) is 62.1 Å². The van der Waals surface area contributed by atoms with Gasteiger partial charge in [-0.2, -0.15) is 11.8 Å². The molecule has 1 aliphatic heterocycles. The van der Waals surface area contributed by atoms with Gasteiger partial charge < -0.3 is 57.1 Å². The Morgan fingerprint density at radius 2 is 1.68 bits per heavy atom. The molecule has 1 fully saturated rings. The third-order valence-corrected chi connectivity index (χ3v) is 10.1. The summed E-state index contributed by atoms with van der Waals surface area (Å²) in [7, 11) is 1.38. The van der Waals surface area contributed by atoms with Crippen molar-refractivity contribution in [3.63, 3.8) is 0 Å². The number of nitrogens with one attached hydrogen (secondary N) is 5. The summed E-state index contributed by atoms with van der Waals surface area (Å²) < 4.78 is 6.66. The number of carboxylic acids is 1. The number of aliphatic hydroxyl groups is 1. The van der Waals surface area contributed by atoms with Crippen molar-refractivity contribution >= 4 is 41.5 Å². The number of urea groups is 1. The SMILES string of the molecule is CSCCC(NC(=O)NC(Cc1ccc(O)cc1)C(=O)O)C(=O)NC(C(=O)N/C=C1/CC(O)C(n2ccc(=O)[nH]c2=O)O1)C(C)N(C)C(=O)C(N)Cc1cccc(O)c1. The number of ether oxygens (including phenoxy) is 1. The van der Waals surface area contributed by atoms with E-state index in [9.17, 15) is 54.0 Å². The van der Waals surface area contributed by atoms with Crippen LogP contribution in [0.25, 0.3) is 0 Å². The van der Waals surface area contributed by atoms with Crippen LogP contribution in [0.1, 0.15) is 37.1 Å². The summed E-state index contributed by atoms with van der Waals surface area (Å²) >= 11 is 1.35. The molecule has 11 N–H and O–H groups in total. The van der Waals surface area contributed by atoms with Gasteiger partial charge in [-0.1, -0.05) is 24.3 Å². The average molecular weight is 841 g/mol. The van der Waals surface area contributed by atoms with Gasteiger partial charge in [0.1, 0.15) is 41.5 Å². The van der Waals surface area contributed by atoms with Crippen molar-refractivity contribution in [2.24, 2.45) is 5.73 Å². The van der Waals surface area contributed by atoms with Gasteiger partial charge in [0.2, 0.25) is 23.9 Å². The first-order chi connectivity index (χ1) is 28.0. The van der Waals surface area contributed by atoms with Gasteiger partial charge in [-0.05, 0) is 67.2 Å². The molecular weight excluding hydrogens is 793 g/mol. The van der Waals surface area contributed by atoms with Crippen LogP contribution in [-0.2, 0) is 36.8 Å². The fourth-order valence-electron chi connectivity index (χ4n) is 6.09. The lowest BCUT2D eigenvalue weighted by atomic mass is 10.0. The molecule has 3 aromatic rings. The van der Waals surface area contributed by atoms with Crippen LogP contribution in [0, 0.1) is 0 Å². The maximum absolute atomic E-state index is 13.9. The van der Waals surface area contributed by atoms with Crippen molar-refractivity contribution in [1.82, 2.24) is 35.7 Å². The minimum Gasteiger partial charge on any atom is -0.508 e. The first-order valence-electron chi connectivity index (χ1n) is 18.3. The lowest BCUT2D eigenvalue weighted by molar-refractivity contribution is -0.139. The average Bonchev–Trinajstić information content (AvgIpc) is 3.56. The third-order valence-electron chi connectivity index (χ3n) is 9.43. The Balaban J connectivity index is 1.55. The largest absolute Gasteiger partial charge is 0.508 e. The summed E-state index contributed by atoms with van der Waals surface area (Å²) in [6, 6.07) is 5.50. The van der Waals surface area contributed by atoms with Crippen molar-refractivity contribution in [2.75, 3.05) is 19.1 Å². The number of carbonyl (C=O) groups is 5. The number of phenols is 2. The van der Waals surface area contributed by atoms with Crippen LogP contribution in [0.3, 0.4) is 0 Å². The van der Waals surface area contributed by atoms with Gasteiger partial charge in [-0.3, -0.25) is 28.7 Å². The van der Waals surface area contributed by atoms with E-state index in [1.54, 1.807) is 18.4 Å². The van der Waals surface area contributed by atoms with Crippen LogP contribution in [0.4, 0.5) is 4.79 Å². The molecule has 1 aliphatic rings. The number of aliphatic carboxylic acids is 1. The third kappa shape index (κ3) is 12.8. The highest BCUT2D eigenvalue weighted by Crippen LogP contribution is 2.30. The predicted octanol–water partition coefficient (Wildman–Crippen LogP) is -0.796. The number of nitrogens with zero attached hydrogens (tertiary/aromatic N) is 2. The van der Waals surface area contributed by atoms with Crippen molar-refractivity contribution in [3.05, 3.63) is 105 Å². The number of benzene rings is 2. The number of aromatic nitrogens is 2. The van der Waals surface area contributed by atoms with Gasteiger partial charge in [0.05, 0.1) is 12.1 Å². The van der Waals surface area contributed by atoms with E-state index in [0.29, 0.717) is 16.9 Å². The van der Waals surface area contributed by atoms with E-state index in [2.05, 4.69) is 26.3 Å². The Bertz CT molecular complexity index is 2130. The van der Waals surface area contributed by atoms with Crippen LogP contribution >= 0.6 is 11.8 Å². The molecule has 0 saturated carbocycles. The number of aromatic hydroxyl groups is 2. The molecule has 4 rings (SSSR count). The number of carbonyl (C=O) groups excluding carboxylic acids is 4. The van der Waals surface area contributed by atoms with E-state index in [1.807, 2.05) is 0 Å². The molecule has 0 bridgehead atoms. The number of likely N-dealkylation sites (N-methyl/N-ethyl adjacent to an activating group) is 1. The molecule has 7 unspecified atom stereocenters. The molecule has 0 radical (unpaired) electrons. The smallest absolute Gasteiger partial charge is 0.331 e. The van der Waals surface area contributed by atoms with Gasteiger partial charge in [0.15, 0.2) is 0 Å². The highest BCUT2D eigenvalue weighted by Gasteiger charge is 2.37. The molecule has 5 amide bonds. The summed E-state index contributed by atoms with van der Waals surface area (Å²) in [4.78, 5) is 93.7. The minimum absolute atomic E-state index is 0.0255. The number of nitrogens with two attached hydrogens (primary N) is 1. The van der Waals surface area contributed by atoms with E-state index < -0.39 is 83.5 Å². The molecule has 318 valence electrons. The van der Waals surface area contributed by atoms with Crippen molar-refractivity contribution in [1.29, 1.82) is 0 Å². The number of rotatable bonds is 18. The number of hydrogen-bond acceptors (Lipinski definition) is 13. The van der Waals surface area contributed by atoms with Crippen LogP contribution in [0.15, 0.2) is 82.3 Å². The highest BCUT2D eigenvalue weighted by molar-refractivity contribution is 7.98. The van der Waals surface area contributed by atoms with Crippen LogP contribution in [0.5, 0.6) is 11.5 Å². The number of hydrogen-bond donors (Lipinski definition) is 10. The molecule has 0 spiro atoms. The lowest BCUT2D eigenvalue weighted by Gasteiger charge is -2.34. The van der Waals surface area contributed by atoms with Gasteiger partial charge in [0.25, 0.3) is 5.56 Å². The summed E-state index contributed by atoms with van der Waals surface area (Å²) in [5.74, 6) is -3.36. The predicted molar refractivity (Wildman–Crippen MR) is 214 cm³/mol. The normalized spacial score (nSPS) is 18.0. The standard InChI is InChI=1S/C38H48N8O12S/c1-20(45(2)34(53)26(39)16-22-5-4-6-24(48)15-22)31(33(52)40-19-25-18-29(49)35(58-25)46-13-11-30(50)43-38(46)57)44-32(51)27(12-14-59-3)41-37(56)42-28(36(54)55)17-21-7-9-23(47)10-8-21/h4-11,13,15,19-20,26-29,31,35,47-49H,12,14,16-18,39H2,1-3H3,(H,40,52)(H,44,51)(H,54,55)(H2,41,42,56)(H,43,50,57)/b25-19-. The minimum atomic E-state index is -1.52. The lowest BCUT2D eigenvalue weighted by Crippen LogP contribution is -2.62. The van der Waals surface area contributed by atoms with Gasteiger partial charge in [0, 0.05) is 38.4 Å². The van der Waals surface area contributed by atoms with Crippen LogP contribution < -0.4 is 38.2 Å². The van der Waals surface area contributed by atoms with Gasteiger partial charge in [-0.15, -0.1) is 0 Å².